The van der Waals surface area contributed by atoms with E-state index in [1.54, 1.807) is 18.3 Å². The highest BCUT2D eigenvalue weighted by molar-refractivity contribution is 5.65. The van der Waals surface area contributed by atoms with E-state index in [0.717, 1.165) is 16.8 Å². The van der Waals surface area contributed by atoms with Gasteiger partial charge in [-0.05, 0) is 24.6 Å². The molecule has 2 aromatic rings. The standard InChI is InChI=1S/C14H17FN4/c1-10-13(11-3-5-12(15)6-4-11)9-17-14(18-10)19(2)8-7-16/h3-6,9H,7-8,16H2,1-2H3. The summed E-state index contributed by atoms with van der Waals surface area (Å²) in [4.78, 5) is 10.7. The predicted molar refractivity (Wildman–Crippen MR) is 74.5 cm³/mol. The maximum atomic E-state index is 12.9. The van der Waals surface area contributed by atoms with Crippen molar-refractivity contribution in [3.63, 3.8) is 0 Å². The van der Waals surface area contributed by atoms with Gasteiger partial charge in [-0.25, -0.2) is 14.4 Å². The van der Waals surface area contributed by atoms with E-state index in [0.29, 0.717) is 19.0 Å². The number of hydrogen-bond acceptors (Lipinski definition) is 4. The first kappa shape index (κ1) is 13.4. The van der Waals surface area contributed by atoms with Crippen LogP contribution in [0.1, 0.15) is 5.69 Å². The highest BCUT2D eigenvalue weighted by atomic mass is 19.1. The van der Waals surface area contributed by atoms with E-state index < -0.39 is 0 Å². The van der Waals surface area contributed by atoms with E-state index in [4.69, 9.17) is 5.73 Å². The van der Waals surface area contributed by atoms with Crippen LogP contribution in [-0.4, -0.2) is 30.1 Å². The summed E-state index contributed by atoms with van der Waals surface area (Å²) in [5.41, 5.74) is 8.19. The maximum Gasteiger partial charge on any atom is 0.225 e. The molecule has 2 rings (SSSR count). The lowest BCUT2D eigenvalue weighted by atomic mass is 10.1. The van der Waals surface area contributed by atoms with E-state index >= 15 is 0 Å². The number of nitrogens with zero attached hydrogens (tertiary/aromatic N) is 3. The summed E-state index contributed by atoms with van der Waals surface area (Å²) in [6, 6.07) is 6.32. The lowest BCUT2D eigenvalue weighted by Crippen LogP contribution is -2.26. The molecular weight excluding hydrogens is 243 g/mol. The molecule has 0 fully saturated rings. The summed E-state index contributed by atoms with van der Waals surface area (Å²) >= 11 is 0. The molecule has 4 nitrogen and oxygen atoms in total. The topological polar surface area (TPSA) is 55.0 Å². The molecule has 0 aliphatic carbocycles. The zero-order chi connectivity index (χ0) is 13.8. The van der Waals surface area contributed by atoms with Crippen LogP contribution in [0.5, 0.6) is 0 Å². The molecule has 0 saturated carbocycles. The first-order valence-electron chi connectivity index (χ1n) is 6.12. The molecule has 0 aliphatic heterocycles. The van der Waals surface area contributed by atoms with Gasteiger partial charge in [0.15, 0.2) is 0 Å². The number of hydrogen-bond donors (Lipinski definition) is 1. The lowest BCUT2D eigenvalue weighted by molar-refractivity contribution is 0.628. The van der Waals surface area contributed by atoms with Gasteiger partial charge in [-0.3, -0.25) is 0 Å². The van der Waals surface area contributed by atoms with Crippen LogP contribution in [0.3, 0.4) is 0 Å². The zero-order valence-electron chi connectivity index (χ0n) is 11.1. The van der Waals surface area contributed by atoms with E-state index in [-0.39, 0.29) is 5.82 Å². The van der Waals surface area contributed by atoms with Crippen molar-refractivity contribution in [1.82, 2.24) is 9.97 Å². The monoisotopic (exact) mass is 260 g/mol. The molecule has 1 aromatic heterocycles. The molecule has 0 radical (unpaired) electrons. The molecule has 0 bridgehead atoms. The van der Waals surface area contributed by atoms with Crippen LogP contribution in [0.25, 0.3) is 11.1 Å². The number of likely N-dealkylation sites (N-methyl/N-ethyl adjacent to an activating group) is 1. The van der Waals surface area contributed by atoms with E-state index in [9.17, 15) is 4.39 Å². The summed E-state index contributed by atoms with van der Waals surface area (Å²) in [6.45, 7) is 3.17. The van der Waals surface area contributed by atoms with Gasteiger partial charge in [0.1, 0.15) is 5.82 Å². The van der Waals surface area contributed by atoms with Crippen molar-refractivity contribution in [2.24, 2.45) is 5.73 Å². The Balaban J connectivity index is 2.31. The number of aromatic nitrogens is 2. The molecule has 5 heteroatoms. The zero-order valence-corrected chi connectivity index (χ0v) is 11.1. The van der Waals surface area contributed by atoms with Gasteiger partial charge in [0.05, 0.1) is 5.69 Å². The Hall–Kier alpha value is -2.01. The van der Waals surface area contributed by atoms with Crippen molar-refractivity contribution in [3.8, 4) is 11.1 Å². The van der Waals surface area contributed by atoms with Crippen molar-refractivity contribution in [3.05, 3.63) is 42.0 Å². The molecule has 100 valence electrons. The summed E-state index contributed by atoms with van der Waals surface area (Å²) < 4.78 is 12.9. The van der Waals surface area contributed by atoms with Crippen LogP contribution in [0.4, 0.5) is 10.3 Å². The quantitative estimate of drug-likeness (QED) is 0.913. The molecule has 0 atom stereocenters. The van der Waals surface area contributed by atoms with E-state index in [1.165, 1.54) is 12.1 Å². The van der Waals surface area contributed by atoms with E-state index in [2.05, 4.69) is 9.97 Å². The molecule has 1 heterocycles. The Labute approximate surface area is 112 Å². The number of anilines is 1. The van der Waals surface area contributed by atoms with Crippen molar-refractivity contribution < 1.29 is 4.39 Å². The molecule has 0 saturated heterocycles. The Morgan fingerprint density at radius 2 is 1.95 bits per heavy atom. The fourth-order valence-corrected chi connectivity index (χ4v) is 1.85. The Morgan fingerprint density at radius 3 is 2.53 bits per heavy atom. The minimum atomic E-state index is -0.248. The number of nitrogens with two attached hydrogens (primary N) is 1. The maximum absolute atomic E-state index is 12.9. The second-order valence-electron chi connectivity index (χ2n) is 4.39. The highest BCUT2D eigenvalue weighted by Gasteiger charge is 2.08. The lowest BCUT2D eigenvalue weighted by Gasteiger charge is -2.17. The summed E-state index contributed by atoms with van der Waals surface area (Å²) in [6.07, 6.45) is 1.76. The average Bonchev–Trinajstić information content (AvgIpc) is 2.40. The van der Waals surface area contributed by atoms with Crippen LogP contribution >= 0.6 is 0 Å². The Morgan fingerprint density at radius 1 is 1.26 bits per heavy atom. The molecular formula is C14H17FN4. The first-order valence-corrected chi connectivity index (χ1v) is 6.12. The van der Waals surface area contributed by atoms with Gasteiger partial charge in [-0.2, -0.15) is 0 Å². The minimum Gasteiger partial charge on any atom is -0.343 e. The SMILES string of the molecule is Cc1nc(N(C)CCN)ncc1-c1ccc(F)cc1. The second-order valence-corrected chi connectivity index (χ2v) is 4.39. The molecule has 1 aromatic carbocycles. The third kappa shape index (κ3) is 3.06. The first-order chi connectivity index (χ1) is 9.11. The predicted octanol–water partition coefficient (Wildman–Crippen LogP) is 1.99. The van der Waals surface area contributed by atoms with Gasteiger partial charge in [0.25, 0.3) is 0 Å². The van der Waals surface area contributed by atoms with E-state index in [1.807, 2.05) is 18.9 Å². The van der Waals surface area contributed by atoms with Crippen LogP contribution in [0, 0.1) is 12.7 Å². The Kier molecular flexibility index (Phi) is 4.06. The van der Waals surface area contributed by atoms with Gasteiger partial charge in [0.2, 0.25) is 5.95 Å². The van der Waals surface area contributed by atoms with Crippen molar-refractivity contribution in [2.45, 2.75) is 6.92 Å². The third-order valence-corrected chi connectivity index (χ3v) is 2.93. The molecule has 0 unspecified atom stereocenters. The summed E-state index contributed by atoms with van der Waals surface area (Å²) in [5.74, 6) is 0.399. The van der Waals surface area contributed by atoms with Crippen molar-refractivity contribution >= 4 is 5.95 Å². The fourth-order valence-electron chi connectivity index (χ4n) is 1.85. The molecule has 19 heavy (non-hydrogen) atoms. The van der Waals surface area contributed by atoms with Crippen molar-refractivity contribution in [1.29, 1.82) is 0 Å². The number of rotatable bonds is 4. The van der Waals surface area contributed by atoms with Crippen molar-refractivity contribution in [2.75, 3.05) is 25.0 Å². The van der Waals surface area contributed by atoms with Crippen LogP contribution in [0.15, 0.2) is 30.5 Å². The molecule has 0 amide bonds. The van der Waals surface area contributed by atoms with Gasteiger partial charge >= 0.3 is 0 Å². The number of halogens is 1. The molecule has 0 spiro atoms. The largest absolute Gasteiger partial charge is 0.343 e. The fraction of sp³-hybridized carbons (Fsp3) is 0.286. The Bertz CT molecular complexity index is 554. The number of aryl methyl sites for hydroxylation is 1. The van der Waals surface area contributed by atoms with Crippen LogP contribution in [-0.2, 0) is 0 Å². The average molecular weight is 260 g/mol. The van der Waals surface area contributed by atoms with Gasteiger partial charge < -0.3 is 10.6 Å². The summed E-state index contributed by atoms with van der Waals surface area (Å²) in [5, 5.41) is 0. The molecule has 2 N–H and O–H groups in total. The van der Waals surface area contributed by atoms with Gasteiger partial charge in [-0.15, -0.1) is 0 Å². The normalized spacial score (nSPS) is 10.5. The molecule has 0 aliphatic rings. The van der Waals surface area contributed by atoms with Crippen LogP contribution < -0.4 is 10.6 Å². The smallest absolute Gasteiger partial charge is 0.225 e. The van der Waals surface area contributed by atoms with Gasteiger partial charge in [0, 0.05) is 31.9 Å². The third-order valence-electron chi connectivity index (χ3n) is 2.93. The van der Waals surface area contributed by atoms with Crippen LogP contribution in [0.2, 0.25) is 0 Å². The number of benzene rings is 1. The minimum absolute atomic E-state index is 0.248. The highest BCUT2D eigenvalue weighted by Crippen LogP contribution is 2.22. The second kappa shape index (κ2) is 5.75. The summed E-state index contributed by atoms with van der Waals surface area (Å²) in [7, 11) is 1.90. The van der Waals surface area contributed by atoms with Gasteiger partial charge in [-0.1, -0.05) is 12.1 Å².